The Bertz CT molecular complexity index is 304. The van der Waals surface area contributed by atoms with Crippen molar-refractivity contribution in [2.45, 2.75) is 18.4 Å². The van der Waals surface area contributed by atoms with Crippen molar-refractivity contribution in [2.24, 2.45) is 0 Å². The van der Waals surface area contributed by atoms with Crippen LogP contribution in [0, 0.1) is 0 Å². The summed E-state index contributed by atoms with van der Waals surface area (Å²) in [4.78, 5) is 10.6. The Morgan fingerprint density at radius 1 is 1.38 bits per heavy atom. The van der Waals surface area contributed by atoms with Crippen molar-refractivity contribution in [1.82, 2.24) is 14.9 Å². The standard InChI is InChI=1S/C11H20N4S/c1-4-5-12-10-8-11(14-9-13-10)16-7-6-15(2)3/h8-9H,4-7H2,1-3H3,(H,12,13,14). The number of hydrogen-bond donors (Lipinski definition) is 1. The van der Waals surface area contributed by atoms with Gasteiger partial charge in [-0.25, -0.2) is 9.97 Å². The van der Waals surface area contributed by atoms with E-state index in [0.29, 0.717) is 0 Å². The minimum absolute atomic E-state index is 0.921. The van der Waals surface area contributed by atoms with Crippen molar-refractivity contribution in [2.75, 3.05) is 38.3 Å². The van der Waals surface area contributed by atoms with Crippen LogP contribution < -0.4 is 5.32 Å². The minimum atomic E-state index is 0.921. The van der Waals surface area contributed by atoms with Crippen LogP contribution in [-0.4, -0.2) is 47.8 Å². The molecule has 1 heterocycles. The molecule has 0 radical (unpaired) electrons. The zero-order chi connectivity index (χ0) is 11.8. The molecule has 0 saturated carbocycles. The summed E-state index contributed by atoms with van der Waals surface area (Å²) in [6, 6.07) is 2.01. The summed E-state index contributed by atoms with van der Waals surface area (Å²) in [6.45, 7) is 4.16. The predicted molar refractivity (Wildman–Crippen MR) is 70.1 cm³/mol. The molecule has 0 fully saturated rings. The van der Waals surface area contributed by atoms with Crippen LogP contribution in [0.3, 0.4) is 0 Å². The van der Waals surface area contributed by atoms with Gasteiger partial charge in [-0.05, 0) is 20.5 Å². The smallest absolute Gasteiger partial charge is 0.130 e. The molecule has 0 aliphatic rings. The van der Waals surface area contributed by atoms with Gasteiger partial charge in [0.25, 0.3) is 0 Å². The van der Waals surface area contributed by atoms with Crippen molar-refractivity contribution < 1.29 is 0 Å². The van der Waals surface area contributed by atoms with Crippen molar-refractivity contribution in [3.63, 3.8) is 0 Å². The van der Waals surface area contributed by atoms with E-state index in [9.17, 15) is 0 Å². The largest absolute Gasteiger partial charge is 0.370 e. The molecule has 5 heteroatoms. The third-order valence-corrected chi connectivity index (χ3v) is 2.89. The number of nitrogens with zero attached hydrogens (tertiary/aromatic N) is 3. The van der Waals surface area contributed by atoms with Crippen LogP contribution in [0.25, 0.3) is 0 Å². The lowest BCUT2D eigenvalue weighted by Crippen LogP contribution is -2.14. The van der Waals surface area contributed by atoms with Gasteiger partial charge in [-0.15, -0.1) is 11.8 Å². The molecular formula is C11H20N4S. The quantitative estimate of drug-likeness (QED) is 0.583. The lowest BCUT2D eigenvalue weighted by Gasteiger charge is -2.09. The third-order valence-electron chi connectivity index (χ3n) is 1.99. The first-order valence-electron chi connectivity index (χ1n) is 5.56. The first-order chi connectivity index (χ1) is 7.72. The molecule has 1 rings (SSSR count). The van der Waals surface area contributed by atoms with Crippen LogP contribution in [0.4, 0.5) is 5.82 Å². The molecule has 0 bridgehead atoms. The normalized spacial score (nSPS) is 10.8. The van der Waals surface area contributed by atoms with E-state index in [1.54, 1.807) is 18.1 Å². The van der Waals surface area contributed by atoms with Crippen LogP contribution in [0.15, 0.2) is 17.4 Å². The van der Waals surface area contributed by atoms with E-state index in [1.165, 1.54) is 0 Å². The Kier molecular flexibility index (Phi) is 6.18. The molecule has 0 unspecified atom stereocenters. The van der Waals surface area contributed by atoms with Gasteiger partial charge < -0.3 is 10.2 Å². The minimum Gasteiger partial charge on any atom is -0.370 e. The number of anilines is 1. The van der Waals surface area contributed by atoms with E-state index >= 15 is 0 Å². The number of hydrogen-bond acceptors (Lipinski definition) is 5. The zero-order valence-electron chi connectivity index (χ0n) is 10.2. The van der Waals surface area contributed by atoms with Crippen LogP contribution in [0.5, 0.6) is 0 Å². The number of rotatable bonds is 7. The Morgan fingerprint density at radius 2 is 2.19 bits per heavy atom. The van der Waals surface area contributed by atoms with Gasteiger partial charge in [0.2, 0.25) is 0 Å². The van der Waals surface area contributed by atoms with E-state index < -0.39 is 0 Å². The SMILES string of the molecule is CCCNc1cc(SCCN(C)C)ncn1. The Morgan fingerprint density at radius 3 is 2.88 bits per heavy atom. The summed E-state index contributed by atoms with van der Waals surface area (Å²) in [5.74, 6) is 1.97. The lowest BCUT2D eigenvalue weighted by molar-refractivity contribution is 0.437. The Hall–Kier alpha value is -0.810. The van der Waals surface area contributed by atoms with Gasteiger partial charge in [0.1, 0.15) is 17.2 Å². The maximum atomic E-state index is 4.24. The van der Waals surface area contributed by atoms with Gasteiger partial charge in [0.05, 0.1) is 0 Å². The maximum Gasteiger partial charge on any atom is 0.130 e. The van der Waals surface area contributed by atoms with E-state index in [1.807, 2.05) is 6.07 Å². The van der Waals surface area contributed by atoms with Crippen LogP contribution >= 0.6 is 11.8 Å². The lowest BCUT2D eigenvalue weighted by atomic mass is 10.4. The molecule has 1 aromatic rings. The molecule has 0 aliphatic heterocycles. The predicted octanol–water partition coefficient (Wildman–Crippen LogP) is 1.95. The van der Waals surface area contributed by atoms with Gasteiger partial charge in [-0.2, -0.15) is 0 Å². The highest BCUT2D eigenvalue weighted by Gasteiger charge is 1.99. The molecular weight excluding hydrogens is 220 g/mol. The van der Waals surface area contributed by atoms with Gasteiger partial charge in [0.15, 0.2) is 0 Å². The monoisotopic (exact) mass is 240 g/mol. The Balaban J connectivity index is 2.40. The molecule has 16 heavy (non-hydrogen) atoms. The van der Waals surface area contributed by atoms with Crippen LogP contribution in [0.2, 0.25) is 0 Å². The molecule has 4 nitrogen and oxygen atoms in total. The van der Waals surface area contributed by atoms with Gasteiger partial charge >= 0.3 is 0 Å². The molecule has 0 spiro atoms. The van der Waals surface area contributed by atoms with E-state index in [0.717, 1.165) is 36.1 Å². The topological polar surface area (TPSA) is 41.0 Å². The average molecular weight is 240 g/mol. The summed E-state index contributed by atoms with van der Waals surface area (Å²) in [6.07, 6.45) is 2.73. The van der Waals surface area contributed by atoms with Gasteiger partial charge in [0, 0.05) is 24.9 Å². The second-order valence-corrected chi connectivity index (χ2v) is 4.94. The fourth-order valence-corrected chi connectivity index (χ4v) is 2.08. The maximum absolute atomic E-state index is 4.24. The summed E-state index contributed by atoms with van der Waals surface area (Å²) in [5.41, 5.74) is 0. The van der Waals surface area contributed by atoms with Crippen molar-refractivity contribution >= 4 is 17.6 Å². The molecule has 0 amide bonds. The molecule has 1 N–H and O–H groups in total. The number of nitrogens with one attached hydrogen (secondary N) is 1. The number of aromatic nitrogens is 2. The molecule has 0 aliphatic carbocycles. The van der Waals surface area contributed by atoms with Crippen molar-refractivity contribution in [1.29, 1.82) is 0 Å². The first-order valence-corrected chi connectivity index (χ1v) is 6.54. The molecule has 0 atom stereocenters. The average Bonchev–Trinajstić information content (AvgIpc) is 2.26. The summed E-state index contributed by atoms with van der Waals surface area (Å²) >= 11 is 1.76. The third kappa shape index (κ3) is 5.32. The second kappa shape index (κ2) is 7.46. The molecule has 0 aromatic carbocycles. The molecule has 0 saturated heterocycles. The highest BCUT2D eigenvalue weighted by molar-refractivity contribution is 7.99. The van der Waals surface area contributed by atoms with Crippen LogP contribution in [0.1, 0.15) is 13.3 Å². The molecule has 1 aromatic heterocycles. The highest BCUT2D eigenvalue weighted by atomic mass is 32.2. The zero-order valence-corrected chi connectivity index (χ0v) is 11.0. The van der Waals surface area contributed by atoms with E-state index in [-0.39, 0.29) is 0 Å². The fraction of sp³-hybridized carbons (Fsp3) is 0.636. The summed E-state index contributed by atoms with van der Waals surface area (Å²) < 4.78 is 0. The molecule has 90 valence electrons. The summed E-state index contributed by atoms with van der Waals surface area (Å²) in [7, 11) is 4.16. The van der Waals surface area contributed by atoms with Gasteiger partial charge in [-0.1, -0.05) is 6.92 Å². The second-order valence-electron chi connectivity index (χ2n) is 3.82. The Labute approximate surface area is 102 Å². The van der Waals surface area contributed by atoms with Gasteiger partial charge in [-0.3, -0.25) is 0 Å². The van der Waals surface area contributed by atoms with Crippen molar-refractivity contribution in [3.8, 4) is 0 Å². The number of thioether (sulfide) groups is 1. The summed E-state index contributed by atoms with van der Waals surface area (Å²) in [5, 5.41) is 4.30. The highest BCUT2D eigenvalue weighted by Crippen LogP contribution is 2.16. The van der Waals surface area contributed by atoms with E-state index in [4.69, 9.17) is 0 Å². The van der Waals surface area contributed by atoms with Crippen molar-refractivity contribution in [3.05, 3.63) is 12.4 Å². The first kappa shape index (κ1) is 13.3. The van der Waals surface area contributed by atoms with E-state index in [2.05, 4.69) is 41.2 Å². The fourth-order valence-electron chi connectivity index (χ4n) is 1.10. The van der Waals surface area contributed by atoms with Crippen LogP contribution in [-0.2, 0) is 0 Å².